The smallest absolute Gasteiger partial charge is 0.337 e. The van der Waals surface area contributed by atoms with Crippen molar-refractivity contribution < 1.29 is 23.4 Å². The summed E-state index contributed by atoms with van der Waals surface area (Å²) in [6, 6.07) is 19.3. The van der Waals surface area contributed by atoms with Gasteiger partial charge in [0.05, 0.1) is 31.0 Å². The van der Waals surface area contributed by atoms with E-state index in [0.29, 0.717) is 30.1 Å². The van der Waals surface area contributed by atoms with Crippen molar-refractivity contribution in [1.29, 1.82) is 0 Å². The molecule has 0 fully saturated rings. The first-order valence-corrected chi connectivity index (χ1v) is 10.8. The summed E-state index contributed by atoms with van der Waals surface area (Å²) in [4.78, 5) is 11.9. The molecule has 2 atom stereocenters. The fraction of sp³-hybridized carbons (Fsp3) is 0.231. The van der Waals surface area contributed by atoms with Crippen LogP contribution in [0.2, 0.25) is 0 Å². The first-order valence-electron chi connectivity index (χ1n) is 10.8. The number of esters is 1. The predicted molar refractivity (Wildman–Crippen MR) is 121 cm³/mol. The van der Waals surface area contributed by atoms with Crippen LogP contribution in [0.3, 0.4) is 0 Å². The Morgan fingerprint density at radius 1 is 1.12 bits per heavy atom. The van der Waals surface area contributed by atoms with E-state index in [4.69, 9.17) is 19.3 Å². The maximum atomic E-state index is 13.5. The number of carbonyl (C=O) groups excluding carboxylic acids is 1. The van der Waals surface area contributed by atoms with Gasteiger partial charge in [0.15, 0.2) is 11.5 Å². The lowest BCUT2D eigenvalue weighted by molar-refractivity contribution is -0.0212. The number of benzene rings is 3. The molecule has 3 aromatic carbocycles. The minimum absolute atomic E-state index is 0.0699. The molecule has 0 saturated carbocycles. The third-order valence-electron chi connectivity index (χ3n) is 5.87. The summed E-state index contributed by atoms with van der Waals surface area (Å²) in [6.45, 7) is 2.45. The Kier molecular flexibility index (Phi) is 5.46. The molecule has 2 aliphatic rings. The number of carbonyl (C=O) groups is 1. The van der Waals surface area contributed by atoms with Crippen LogP contribution in [-0.4, -0.2) is 30.4 Å². The molecule has 0 radical (unpaired) electrons. The number of hydrazone groups is 1. The lowest BCUT2D eigenvalue weighted by atomic mass is 9.95. The van der Waals surface area contributed by atoms with Gasteiger partial charge in [0.2, 0.25) is 6.23 Å². The van der Waals surface area contributed by atoms with Crippen LogP contribution in [0.1, 0.15) is 52.7 Å². The molecule has 6 nitrogen and oxygen atoms in total. The molecule has 0 unspecified atom stereocenters. The summed E-state index contributed by atoms with van der Waals surface area (Å²) in [5.74, 6) is 0.693. The maximum absolute atomic E-state index is 13.5. The number of para-hydroxylation sites is 1. The van der Waals surface area contributed by atoms with Gasteiger partial charge in [-0.15, -0.1) is 0 Å². The highest BCUT2D eigenvalue weighted by atomic mass is 19.1. The van der Waals surface area contributed by atoms with Crippen LogP contribution in [0.15, 0.2) is 71.8 Å². The fourth-order valence-electron chi connectivity index (χ4n) is 4.29. The molecule has 0 N–H and O–H groups in total. The predicted octanol–water partition coefficient (Wildman–Crippen LogP) is 5.25. The highest BCUT2D eigenvalue weighted by Gasteiger charge is 2.42. The Bertz CT molecular complexity index is 1210. The number of ether oxygens (including phenoxy) is 3. The minimum Gasteiger partial charge on any atom is -0.490 e. The van der Waals surface area contributed by atoms with Crippen LogP contribution in [-0.2, 0) is 4.74 Å². The Morgan fingerprint density at radius 2 is 1.88 bits per heavy atom. The van der Waals surface area contributed by atoms with Crippen molar-refractivity contribution in [2.45, 2.75) is 25.6 Å². The van der Waals surface area contributed by atoms with Gasteiger partial charge >= 0.3 is 5.97 Å². The van der Waals surface area contributed by atoms with E-state index >= 15 is 0 Å². The molecule has 33 heavy (non-hydrogen) atoms. The number of halogens is 1. The molecule has 5 rings (SSSR count). The average Bonchev–Trinajstić information content (AvgIpc) is 3.30. The van der Waals surface area contributed by atoms with Crippen LogP contribution >= 0.6 is 0 Å². The van der Waals surface area contributed by atoms with E-state index in [-0.39, 0.29) is 11.9 Å². The van der Waals surface area contributed by atoms with Crippen molar-refractivity contribution in [1.82, 2.24) is 5.01 Å². The topological polar surface area (TPSA) is 60.4 Å². The van der Waals surface area contributed by atoms with Gasteiger partial charge in [-0.2, -0.15) is 5.10 Å². The third kappa shape index (κ3) is 3.80. The van der Waals surface area contributed by atoms with Crippen molar-refractivity contribution >= 4 is 11.7 Å². The molecule has 0 aliphatic carbocycles. The van der Waals surface area contributed by atoms with Gasteiger partial charge in [-0.3, -0.25) is 0 Å². The number of methoxy groups -OCH3 is 1. The standard InChI is InChI=1S/C26H23FN2O4/c1-3-32-23-6-4-5-20-22-15-21(16-11-13-19(27)14-12-16)28-29(22)25(33-24(20)23)17-7-9-18(10-8-17)26(30)31-2/h4-14,22,25H,3,15H2,1-2H3/t22-,25-/m0/s1. The number of hydrogen-bond donors (Lipinski definition) is 0. The van der Waals surface area contributed by atoms with Gasteiger partial charge < -0.3 is 14.2 Å². The summed E-state index contributed by atoms with van der Waals surface area (Å²) in [6.07, 6.45) is 0.127. The highest BCUT2D eigenvalue weighted by Crippen LogP contribution is 2.50. The number of nitrogens with zero attached hydrogens (tertiary/aromatic N) is 2. The van der Waals surface area contributed by atoms with Gasteiger partial charge in [-0.1, -0.05) is 36.4 Å². The Labute approximate surface area is 191 Å². The van der Waals surface area contributed by atoms with Crippen LogP contribution < -0.4 is 9.47 Å². The average molecular weight is 446 g/mol. The van der Waals surface area contributed by atoms with E-state index in [2.05, 4.69) is 0 Å². The van der Waals surface area contributed by atoms with Crippen LogP contribution in [0, 0.1) is 5.82 Å². The molecule has 2 heterocycles. The minimum atomic E-state index is -0.520. The number of hydrogen-bond acceptors (Lipinski definition) is 6. The van der Waals surface area contributed by atoms with Gasteiger partial charge in [-0.25, -0.2) is 14.2 Å². The molecule has 0 bridgehead atoms. The normalized spacial score (nSPS) is 18.6. The summed E-state index contributed by atoms with van der Waals surface area (Å²) in [5, 5.41) is 6.82. The van der Waals surface area contributed by atoms with Gasteiger partial charge in [0.1, 0.15) is 5.82 Å². The highest BCUT2D eigenvalue weighted by molar-refractivity contribution is 6.02. The second-order valence-electron chi connectivity index (χ2n) is 7.84. The number of fused-ring (bicyclic) bond motifs is 3. The van der Waals surface area contributed by atoms with E-state index in [1.807, 2.05) is 42.3 Å². The molecular formula is C26H23FN2O4. The summed E-state index contributed by atoms with van der Waals surface area (Å²) >= 11 is 0. The van der Waals surface area contributed by atoms with E-state index in [1.54, 1.807) is 24.3 Å². The molecule has 2 aliphatic heterocycles. The third-order valence-corrected chi connectivity index (χ3v) is 5.87. The van der Waals surface area contributed by atoms with Crippen molar-refractivity contribution in [3.63, 3.8) is 0 Å². The van der Waals surface area contributed by atoms with Gasteiger partial charge in [-0.05, 0) is 42.8 Å². The van der Waals surface area contributed by atoms with E-state index in [0.717, 1.165) is 22.4 Å². The van der Waals surface area contributed by atoms with Gasteiger partial charge in [0, 0.05) is 17.5 Å². The Balaban J connectivity index is 1.57. The van der Waals surface area contributed by atoms with Crippen molar-refractivity contribution in [3.8, 4) is 11.5 Å². The molecule has 168 valence electrons. The fourth-order valence-corrected chi connectivity index (χ4v) is 4.29. The monoisotopic (exact) mass is 446 g/mol. The van der Waals surface area contributed by atoms with E-state index < -0.39 is 12.2 Å². The quantitative estimate of drug-likeness (QED) is 0.501. The number of rotatable bonds is 5. The van der Waals surface area contributed by atoms with Crippen molar-refractivity contribution in [2.24, 2.45) is 5.10 Å². The first kappa shape index (κ1) is 21.0. The molecule has 0 spiro atoms. The first-order chi connectivity index (χ1) is 16.1. The Hall–Kier alpha value is -3.87. The van der Waals surface area contributed by atoms with E-state index in [1.165, 1.54) is 19.2 Å². The van der Waals surface area contributed by atoms with Gasteiger partial charge in [0.25, 0.3) is 0 Å². The zero-order valence-corrected chi connectivity index (χ0v) is 18.3. The van der Waals surface area contributed by atoms with Crippen LogP contribution in [0.25, 0.3) is 0 Å². The molecule has 7 heteroatoms. The Morgan fingerprint density at radius 3 is 2.58 bits per heavy atom. The lowest BCUT2D eigenvalue weighted by Crippen LogP contribution is -2.34. The van der Waals surface area contributed by atoms with Crippen LogP contribution in [0.4, 0.5) is 4.39 Å². The largest absolute Gasteiger partial charge is 0.490 e. The summed E-state index contributed by atoms with van der Waals surface area (Å²) < 4.78 is 30.6. The van der Waals surface area contributed by atoms with E-state index in [9.17, 15) is 9.18 Å². The zero-order valence-electron chi connectivity index (χ0n) is 18.3. The second kappa shape index (κ2) is 8.58. The molecular weight excluding hydrogens is 423 g/mol. The molecule has 0 saturated heterocycles. The van der Waals surface area contributed by atoms with Crippen molar-refractivity contribution in [3.05, 3.63) is 94.8 Å². The van der Waals surface area contributed by atoms with Crippen molar-refractivity contribution in [2.75, 3.05) is 13.7 Å². The zero-order chi connectivity index (χ0) is 22.9. The second-order valence-corrected chi connectivity index (χ2v) is 7.84. The van der Waals surface area contributed by atoms with Crippen LogP contribution in [0.5, 0.6) is 11.5 Å². The molecule has 3 aromatic rings. The SMILES string of the molecule is CCOc1cccc2c1O[C@@H](c1ccc(C(=O)OC)cc1)N1N=C(c3ccc(F)cc3)C[C@@H]21. The summed E-state index contributed by atoms with van der Waals surface area (Å²) in [5.41, 5.74) is 4.02. The maximum Gasteiger partial charge on any atom is 0.337 e. The lowest BCUT2D eigenvalue weighted by Gasteiger charge is -2.38. The molecule has 0 amide bonds. The summed E-state index contributed by atoms with van der Waals surface area (Å²) in [7, 11) is 1.35. The molecule has 0 aromatic heterocycles.